The van der Waals surface area contributed by atoms with Crippen molar-refractivity contribution in [2.24, 2.45) is 0 Å². The lowest BCUT2D eigenvalue weighted by molar-refractivity contribution is -0.123. The molecule has 3 N–H and O–H groups in total. The number of aliphatic hydroxyl groups is 2. The van der Waals surface area contributed by atoms with E-state index in [4.69, 9.17) is 0 Å². The highest BCUT2D eigenvalue weighted by atomic mass is 16.3. The molecule has 0 aliphatic carbocycles. The van der Waals surface area contributed by atoms with Gasteiger partial charge in [0.2, 0.25) is 5.91 Å². The van der Waals surface area contributed by atoms with Crippen LogP contribution in [-0.4, -0.2) is 34.9 Å². The van der Waals surface area contributed by atoms with Gasteiger partial charge in [-0.3, -0.25) is 4.79 Å². The van der Waals surface area contributed by atoms with E-state index in [9.17, 15) is 15.0 Å². The smallest absolute Gasteiger partial charge is 0.220 e. The molecule has 0 spiro atoms. The molecule has 0 saturated carbocycles. The number of unbranched alkanes of at least 4 members (excludes halogenated alkanes) is 58. The van der Waals surface area contributed by atoms with Crippen molar-refractivity contribution >= 4 is 5.91 Å². The van der Waals surface area contributed by atoms with Gasteiger partial charge >= 0.3 is 0 Å². The first kappa shape index (κ1) is 74.1. The van der Waals surface area contributed by atoms with Crippen molar-refractivity contribution in [3.05, 3.63) is 12.2 Å². The van der Waals surface area contributed by atoms with Crippen molar-refractivity contribution in [2.45, 2.75) is 431 Å². The minimum atomic E-state index is -0.658. The molecule has 0 saturated heterocycles. The first-order valence-electron chi connectivity index (χ1n) is 35.4. The maximum atomic E-state index is 12.6. The molecule has 4 heteroatoms. The normalized spacial score (nSPS) is 12.6. The topological polar surface area (TPSA) is 69.6 Å². The molecule has 0 aliphatic heterocycles. The van der Waals surface area contributed by atoms with Crippen molar-refractivity contribution in [3.8, 4) is 0 Å². The molecule has 2 atom stereocenters. The number of carbonyl (C=O) groups is 1. The predicted molar refractivity (Wildman–Crippen MR) is 336 cm³/mol. The number of rotatable bonds is 67. The van der Waals surface area contributed by atoms with Crippen LogP contribution < -0.4 is 5.32 Å². The average molecular weight is 1060 g/mol. The van der Waals surface area contributed by atoms with E-state index in [-0.39, 0.29) is 12.5 Å². The molecule has 0 bridgehead atoms. The van der Waals surface area contributed by atoms with E-state index in [1.54, 1.807) is 0 Å². The molecule has 4 nitrogen and oxygen atoms in total. The molecule has 0 radical (unpaired) electrons. The minimum Gasteiger partial charge on any atom is -0.394 e. The van der Waals surface area contributed by atoms with Crippen LogP contribution in [0.2, 0.25) is 0 Å². The molecule has 0 aliphatic rings. The van der Waals surface area contributed by atoms with Gasteiger partial charge in [0.05, 0.1) is 18.8 Å². The van der Waals surface area contributed by atoms with E-state index in [1.165, 1.54) is 366 Å². The molecule has 2 unspecified atom stereocenters. The van der Waals surface area contributed by atoms with Crippen LogP contribution >= 0.6 is 0 Å². The highest BCUT2D eigenvalue weighted by Gasteiger charge is 2.20. The van der Waals surface area contributed by atoms with Gasteiger partial charge in [-0.1, -0.05) is 386 Å². The molecule has 0 aromatic heterocycles. The number of hydrogen-bond acceptors (Lipinski definition) is 3. The van der Waals surface area contributed by atoms with Crippen LogP contribution in [0, 0.1) is 0 Å². The summed E-state index contributed by atoms with van der Waals surface area (Å²) in [4.78, 5) is 12.6. The van der Waals surface area contributed by atoms with Gasteiger partial charge in [0.15, 0.2) is 0 Å². The monoisotopic (exact) mass is 1060 g/mol. The lowest BCUT2D eigenvalue weighted by Gasteiger charge is -2.22. The third-order valence-electron chi connectivity index (χ3n) is 17.0. The van der Waals surface area contributed by atoms with E-state index < -0.39 is 12.1 Å². The highest BCUT2D eigenvalue weighted by molar-refractivity contribution is 5.76. The van der Waals surface area contributed by atoms with Crippen molar-refractivity contribution in [2.75, 3.05) is 6.61 Å². The van der Waals surface area contributed by atoms with Crippen LogP contribution in [0.15, 0.2) is 12.2 Å². The lowest BCUT2D eigenvalue weighted by Crippen LogP contribution is -2.45. The summed E-state index contributed by atoms with van der Waals surface area (Å²) in [6, 6.07) is -0.534. The van der Waals surface area contributed by atoms with Crippen LogP contribution in [0.4, 0.5) is 0 Å². The molecule has 448 valence electrons. The quantitative estimate of drug-likeness (QED) is 0.0420. The summed E-state index contributed by atoms with van der Waals surface area (Å²) in [7, 11) is 0. The van der Waals surface area contributed by atoms with Crippen LogP contribution in [0.25, 0.3) is 0 Å². The summed E-state index contributed by atoms with van der Waals surface area (Å²) in [5.74, 6) is -0.0203. The fourth-order valence-electron chi connectivity index (χ4n) is 11.7. The van der Waals surface area contributed by atoms with Gasteiger partial charge in [0.1, 0.15) is 0 Å². The van der Waals surface area contributed by atoms with Crippen molar-refractivity contribution in [3.63, 3.8) is 0 Å². The van der Waals surface area contributed by atoms with Crippen LogP contribution in [-0.2, 0) is 4.79 Å². The Labute approximate surface area is 473 Å². The zero-order valence-corrected chi connectivity index (χ0v) is 51.9. The Morgan fingerprint density at radius 3 is 0.733 bits per heavy atom. The van der Waals surface area contributed by atoms with Gasteiger partial charge in [0, 0.05) is 6.42 Å². The van der Waals surface area contributed by atoms with Gasteiger partial charge in [-0.25, -0.2) is 0 Å². The fraction of sp³-hybridized carbons (Fsp3) is 0.958. The molecule has 0 fully saturated rings. The molecule has 0 heterocycles. The standard InChI is InChI=1S/C71H141NO3/c1-3-5-7-9-11-13-15-17-19-21-23-25-27-29-31-33-34-35-36-37-38-39-41-43-45-47-49-51-53-55-57-59-61-63-65-67-71(75)72-69(68-73)70(74)66-64-62-60-58-56-54-52-50-48-46-44-42-40-32-30-28-26-24-22-20-18-16-14-12-10-8-6-4-2/h21,23,69-70,73-74H,3-20,22,24-68H2,1-2H3,(H,72,75)/b23-21-. The molecule has 0 aromatic rings. The Balaban J connectivity index is 3.36. The molecular weight excluding hydrogens is 915 g/mol. The first-order chi connectivity index (χ1) is 37.2. The maximum Gasteiger partial charge on any atom is 0.220 e. The number of hydrogen-bond donors (Lipinski definition) is 3. The number of amides is 1. The van der Waals surface area contributed by atoms with E-state index >= 15 is 0 Å². The largest absolute Gasteiger partial charge is 0.394 e. The van der Waals surface area contributed by atoms with Crippen LogP contribution in [0.3, 0.4) is 0 Å². The Morgan fingerprint density at radius 2 is 0.507 bits per heavy atom. The van der Waals surface area contributed by atoms with Crippen LogP contribution in [0.5, 0.6) is 0 Å². The van der Waals surface area contributed by atoms with Crippen LogP contribution in [0.1, 0.15) is 418 Å². The van der Waals surface area contributed by atoms with Gasteiger partial charge in [-0.15, -0.1) is 0 Å². The summed E-state index contributed by atoms with van der Waals surface area (Å²) in [6.45, 7) is 4.41. The molecule has 1 amide bonds. The van der Waals surface area contributed by atoms with Gasteiger partial charge in [0.25, 0.3) is 0 Å². The van der Waals surface area contributed by atoms with E-state index in [1.807, 2.05) is 0 Å². The van der Waals surface area contributed by atoms with Crippen molar-refractivity contribution in [1.29, 1.82) is 0 Å². The molecule has 0 rings (SSSR count). The first-order valence-corrected chi connectivity index (χ1v) is 35.4. The van der Waals surface area contributed by atoms with E-state index in [0.717, 1.165) is 25.7 Å². The Morgan fingerprint density at radius 1 is 0.307 bits per heavy atom. The van der Waals surface area contributed by atoms with Crippen molar-refractivity contribution < 1.29 is 15.0 Å². The number of allylic oxidation sites excluding steroid dienone is 2. The van der Waals surface area contributed by atoms with Crippen molar-refractivity contribution in [1.82, 2.24) is 5.32 Å². The number of carbonyl (C=O) groups excluding carboxylic acids is 1. The third kappa shape index (κ3) is 63.8. The second-order valence-electron chi connectivity index (χ2n) is 24.7. The summed E-state index contributed by atoms with van der Waals surface area (Å²) >= 11 is 0. The summed E-state index contributed by atoms with van der Waals surface area (Å²) < 4.78 is 0. The third-order valence-corrected chi connectivity index (χ3v) is 17.0. The Kier molecular flexibility index (Phi) is 66.6. The minimum absolute atomic E-state index is 0.0203. The SMILES string of the molecule is CCCCCCCCCC/C=C\CCCCCCCCCCCCCCCCCCCCCCCCCC(=O)NC(CO)C(O)CCCCCCCCCCCCCCCCCCCCCCCCCCCCCC. The second kappa shape index (κ2) is 67.4. The van der Waals surface area contributed by atoms with Gasteiger partial charge < -0.3 is 15.5 Å². The van der Waals surface area contributed by atoms with Gasteiger partial charge in [-0.2, -0.15) is 0 Å². The molecule has 0 aromatic carbocycles. The zero-order valence-electron chi connectivity index (χ0n) is 51.9. The summed E-state index contributed by atoms with van der Waals surface area (Å²) in [5, 5.41) is 23.5. The lowest BCUT2D eigenvalue weighted by atomic mass is 10.0. The highest BCUT2D eigenvalue weighted by Crippen LogP contribution is 2.20. The average Bonchev–Trinajstić information content (AvgIpc) is 3.41. The number of nitrogens with one attached hydrogen (secondary N) is 1. The van der Waals surface area contributed by atoms with E-state index in [2.05, 4.69) is 31.3 Å². The molecular formula is C71H141NO3. The predicted octanol–water partition coefficient (Wildman–Crippen LogP) is 24.0. The second-order valence-corrected chi connectivity index (χ2v) is 24.7. The fourth-order valence-corrected chi connectivity index (χ4v) is 11.7. The van der Waals surface area contributed by atoms with Gasteiger partial charge in [-0.05, 0) is 38.5 Å². The number of aliphatic hydroxyl groups excluding tert-OH is 2. The van der Waals surface area contributed by atoms with E-state index in [0.29, 0.717) is 12.8 Å². The zero-order chi connectivity index (χ0) is 54.1. The maximum absolute atomic E-state index is 12.6. The Bertz CT molecular complexity index is 1060. The molecule has 75 heavy (non-hydrogen) atoms. The Hall–Kier alpha value is -0.870. The summed E-state index contributed by atoms with van der Waals surface area (Å²) in [5.41, 5.74) is 0. The summed E-state index contributed by atoms with van der Waals surface area (Å²) in [6.07, 6.45) is 89.9.